The second-order valence-corrected chi connectivity index (χ2v) is 6.69. The fraction of sp³-hybridized carbons (Fsp3) is 0.667. The van der Waals surface area contributed by atoms with E-state index in [4.69, 9.17) is 11.6 Å². The Kier molecular flexibility index (Phi) is 6.34. The van der Waals surface area contributed by atoms with Crippen LogP contribution in [0.3, 0.4) is 0 Å². The average molecular weight is 325 g/mol. The first-order valence-corrected chi connectivity index (χ1v) is 7.80. The van der Waals surface area contributed by atoms with Crippen LogP contribution in [0.25, 0.3) is 0 Å². The second kappa shape index (κ2) is 7.00. The molecule has 4 heteroatoms. The Labute approximate surface area is 116 Å². The highest BCUT2D eigenvalue weighted by Crippen LogP contribution is 2.38. The van der Waals surface area contributed by atoms with E-state index in [0.717, 1.165) is 15.4 Å². The van der Waals surface area contributed by atoms with Crippen LogP contribution in [-0.4, -0.2) is 6.54 Å². The van der Waals surface area contributed by atoms with Gasteiger partial charge in [0.05, 0.1) is 8.81 Å². The van der Waals surface area contributed by atoms with Crippen molar-refractivity contribution in [3.05, 3.63) is 19.8 Å². The van der Waals surface area contributed by atoms with Crippen LogP contribution in [0, 0.1) is 5.92 Å². The summed E-state index contributed by atoms with van der Waals surface area (Å²) < 4.78 is 1.04. The van der Waals surface area contributed by atoms with Gasteiger partial charge >= 0.3 is 0 Å². The van der Waals surface area contributed by atoms with Gasteiger partial charge in [0.15, 0.2) is 0 Å². The van der Waals surface area contributed by atoms with Crippen molar-refractivity contribution in [3.8, 4) is 0 Å². The van der Waals surface area contributed by atoms with Crippen molar-refractivity contribution in [2.24, 2.45) is 5.92 Å². The molecule has 0 fully saturated rings. The lowest BCUT2D eigenvalue weighted by molar-refractivity contribution is 0.351. The average Bonchev–Trinajstić information content (AvgIpc) is 2.59. The van der Waals surface area contributed by atoms with E-state index in [2.05, 4.69) is 48.1 Å². The molecule has 1 nitrogen and oxygen atoms in total. The van der Waals surface area contributed by atoms with E-state index >= 15 is 0 Å². The van der Waals surface area contributed by atoms with E-state index in [1.807, 2.05) is 0 Å². The minimum atomic E-state index is 0.439. The first-order valence-electron chi connectivity index (χ1n) is 5.82. The van der Waals surface area contributed by atoms with Crippen molar-refractivity contribution < 1.29 is 0 Å². The molecule has 0 aliphatic carbocycles. The molecule has 0 amide bonds. The molecule has 1 heterocycles. The van der Waals surface area contributed by atoms with Gasteiger partial charge in [-0.25, -0.2) is 0 Å². The fourth-order valence-corrected chi connectivity index (χ4v) is 3.91. The minimum absolute atomic E-state index is 0.439. The molecular formula is C12H19BrClNS. The number of rotatable bonds is 6. The van der Waals surface area contributed by atoms with Crippen LogP contribution < -0.4 is 5.32 Å². The number of thiophene rings is 1. The zero-order valence-electron chi connectivity index (χ0n) is 10.0. The van der Waals surface area contributed by atoms with E-state index in [-0.39, 0.29) is 0 Å². The van der Waals surface area contributed by atoms with Crippen molar-refractivity contribution in [1.29, 1.82) is 0 Å². The minimum Gasteiger partial charge on any atom is -0.309 e. The smallest absolute Gasteiger partial charge is 0.0887 e. The van der Waals surface area contributed by atoms with E-state index in [9.17, 15) is 0 Å². The van der Waals surface area contributed by atoms with Gasteiger partial charge in [-0.3, -0.25) is 0 Å². The molecule has 92 valence electrons. The maximum Gasteiger partial charge on any atom is 0.0887 e. The van der Waals surface area contributed by atoms with Crippen LogP contribution in [-0.2, 0) is 0 Å². The van der Waals surface area contributed by atoms with Crippen LogP contribution in [0.2, 0.25) is 5.02 Å². The molecule has 0 spiro atoms. The molecule has 16 heavy (non-hydrogen) atoms. The molecule has 1 atom stereocenters. The van der Waals surface area contributed by atoms with Gasteiger partial charge in [0.25, 0.3) is 0 Å². The molecule has 0 aliphatic heterocycles. The lowest BCUT2D eigenvalue weighted by atomic mass is 9.93. The molecule has 0 radical (unpaired) electrons. The summed E-state index contributed by atoms with van der Waals surface area (Å²) in [4.78, 5) is 1.34. The summed E-state index contributed by atoms with van der Waals surface area (Å²) in [7, 11) is 0. The van der Waals surface area contributed by atoms with Gasteiger partial charge in [0, 0.05) is 10.9 Å². The van der Waals surface area contributed by atoms with Crippen LogP contribution in [0.5, 0.6) is 0 Å². The maximum atomic E-state index is 6.10. The molecular weight excluding hydrogens is 306 g/mol. The van der Waals surface area contributed by atoms with E-state index in [1.54, 1.807) is 11.3 Å². The summed E-state index contributed by atoms with van der Waals surface area (Å²) in [5.74, 6) is 0.682. The lowest BCUT2D eigenvalue weighted by Gasteiger charge is -2.25. The first kappa shape index (κ1) is 14.5. The Bertz CT molecular complexity index is 303. The van der Waals surface area contributed by atoms with Gasteiger partial charge in [0.1, 0.15) is 0 Å². The monoisotopic (exact) mass is 323 g/mol. The van der Waals surface area contributed by atoms with Gasteiger partial charge in [-0.15, -0.1) is 11.3 Å². The second-order valence-electron chi connectivity index (χ2n) is 3.88. The molecule has 0 aliphatic rings. The van der Waals surface area contributed by atoms with Crippen molar-refractivity contribution in [3.63, 3.8) is 0 Å². The summed E-state index contributed by atoms with van der Waals surface area (Å²) in [5, 5.41) is 4.40. The summed E-state index contributed by atoms with van der Waals surface area (Å²) >= 11 is 11.3. The third kappa shape index (κ3) is 3.46. The van der Waals surface area contributed by atoms with Crippen LogP contribution in [0.4, 0.5) is 0 Å². The van der Waals surface area contributed by atoms with Crippen LogP contribution in [0.15, 0.2) is 9.85 Å². The highest BCUT2D eigenvalue weighted by molar-refractivity contribution is 9.11. The molecule has 1 rings (SSSR count). The van der Waals surface area contributed by atoms with Crippen LogP contribution >= 0.6 is 38.9 Å². The Morgan fingerprint density at radius 1 is 1.38 bits per heavy atom. The highest BCUT2D eigenvalue weighted by atomic mass is 79.9. The predicted molar refractivity (Wildman–Crippen MR) is 77.5 cm³/mol. The number of nitrogens with one attached hydrogen (secondary N) is 1. The zero-order valence-corrected chi connectivity index (χ0v) is 13.2. The molecule has 0 bridgehead atoms. The van der Waals surface area contributed by atoms with E-state index in [0.29, 0.717) is 12.0 Å². The largest absolute Gasteiger partial charge is 0.309 e. The Morgan fingerprint density at radius 2 is 2.00 bits per heavy atom. The van der Waals surface area contributed by atoms with Gasteiger partial charge in [-0.05, 0) is 34.5 Å². The summed E-state index contributed by atoms with van der Waals surface area (Å²) in [6, 6.07) is 2.52. The van der Waals surface area contributed by atoms with Gasteiger partial charge in [-0.1, -0.05) is 45.2 Å². The first-order chi connectivity index (χ1) is 7.63. The third-order valence-electron chi connectivity index (χ3n) is 2.91. The topological polar surface area (TPSA) is 12.0 Å². The summed E-state index contributed by atoms with van der Waals surface area (Å²) in [5.41, 5.74) is 0. The predicted octanol–water partition coefficient (Wildman–Crippen LogP) is 5.25. The van der Waals surface area contributed by atoms with E-state index < -0.39 is 0 Å². The van der Waals surface area contributed by atoms with Crippen molar-refractivity contribution in [2.45, 2.75) is 39.7 Å². The molecule has 1 N–H and O–H groups in total. The fourth-order valence-electron chi connectivity index (χ4n) is 2.00. The van der Waals surface area contributed by atoms with Gasteiger partial charge in [-0.2, -0.15) is 0 Å². The molecule has 0 aromatic carbocycles. The van der Waals surface area contributed by atoms with Crippen molar-refractivity contribution in [2.75, 3.05) is 6.54 Å². The standard InChI is InChI=1S/C12H19BrClNS/c1-4-8(5-2)11(15-6-3)10-7-9(14)12(13)16-10/h7-8,11,15H,4-6H2,1-3H3. The van der Waals surface area contributed by atoms with Crippen molar-refractivity contribution >= 4 is 38.9 Å². The molecule has 1 aromatic rings. The lowest BCUT2D eigenvalue weighted by Crippen LogP contribution is -2.26. The van der Waals surface area contributed by atoms with Gasteiger partial charge < -0.3 is 5.32 Å². The molecule has 0 saturated heterocycles. The van der Waals surface area contributed by atoms with Gasteiger partial charge in [0.2, 0.25) is 0 Å². The van der Waals surface area contributed by atoms with Crippen LogP contribution in [0.1, 0.15) is 44.5 Å². The normalized spacial score (nSPS) is 13.4. The Balaban J connectivity index is 2.91. The number of hydrogen-bond acceptors (Lipinski definition) is 2. The van der Waals surface area contributed by atoms with E-state index in [1.165, 1.54) is 17.7 Å². The summed E-state index contributed by atoms with van der Waals surface area (Å²) in [6.45, 7) is 7.65. The molecule has 1 aromatic heterocycles. The van der Waals surface area contributed by atoms with Crippen molar-refractivity contribution in [1.82, 2.24) is 5.32 Å². The maximum absolute atomic E-state index is 6.10. The summed E-state index contributed by atoms with van der Waals surface area (Å²) in [6.07, 6.45) is 2.39. The SMILES string of the molecule is CCNC(c1cc(Cl)c(Br)s1)C(CC)CC. The number of hydrogen-bond donors (Lipinski definition) is 1. The molecule has 0 saturated carbocycles. The quantitative estimate of drug-likeness (QED) is 0.753. The molecule has 1 unspecified atom stereocenters. The Morgan fingerprint density at radius 3 is 2.38 bits per heavy atom. The zero-order chi connectivity index (χ0) is 12.1. The third-order valence-corrected chi connectivity index (χ3v) is 5.47. The Hall–Kier alpha value is 0.430. The number of halogens is 2. The highest BCUT2D eigenvalue weighted by Gasteiger charge is 2.22.